The summed E-state index contributed by atoms with van der Waals surface area (Å²) >= 11 is 6.12. The quantitative estimate of drug-likeness (QED) is 0.615. The third-order valence-electron chi connectivity index (χ3n) is 4.77. The van der Waals surface area contributed by atoms with E-state index in [1.165, 1.54) is 0 Å². The normalized spacial score (nSPS) is 20.5. The topological polar surface area (TPSA) is 39.7 Å². The first-order chi connectivity index (χ1) is 13.3. The molecule has 0 saturated carbocycles. The van der Waals surface area contributed by atoms with E-state index in [-0.39, 0.29) is 18.3 Å². The minimum Gasteiger partial charge on any atom is -0.485 e. The maximum absolute atomic E-state index is 6.38. The van der Waals surface area contributed by atoms with Crippen LogP contribution >= 0.6 is 11.6 Å². The Bertz CT molecular complexity index is 806. The fraction of sp³-hybridized carbons (Fsp3) is 0.478. The smallest absolute Gasteiger partial charge is 0.132 e. The van der Waals surface area contributed by atoms with Gasteiger partial charge in [-0.2, -0.15) is 0 Å². The average Bonchev–Trinajstić information content (AvgIpc) is 2.61. The van der Waals surface area contributed by atoms with Crippen molar-refractivity contribution in [2.24, 2.45) is 0 Å². The Morgan fingerprint density at radius 1 is 1.18 bits per heavy atom. The third-order valence-corrected chi connectivity index (χ3v) is 5.00. The van der Waals surface area contributed by atoms with Gasteiger partial charge in [-0.1, -0.05) is 23.7 Å². The predicted octanol–water partition coefficient (Wildman–Crippen LogP) is 5.99. The van der Waals surface area contributed by atoms with Gasteiger partial charge in [0.05, 0.1) is 12.7 Å². The molecule has 2 aromatic carbocycles. The molecular weight excluding hydrogens is 374 g/mol. The number of fused-ring (bicyclic) bond motifs is 1. The number of halogens is 1. The standard InChI is InChI=1S/C23H30ClNO3/c1-6-25-18-10-11-20-19(13-18)21(27-15(2)3)22(23(4,5)28-20)26-14-16-8-7-9-17(24)12-16/h7-13,15,21-22,25H,6,14H2,1-5H3. The van der Waals surface area contributed by atoms with Gasteiger partial charge in [0.2, 0.25) is 0 Å². The number of benzene rings is 2. The summed E-state index contributed by atoms with van der Waals surface area (Å²) < 4.78 is 19.1. The molecule has 28 heavy (non-hydrogen) atoms. The average molecular weight is 404 g/mol. The molecule has 0 bridgehead atoms. The van der Waals surface area contributed by atoms with E-state index in [2.05, 4.69) is 18.3 Å². The van der Waals surface area contributed by atoms with Crippen molar-refractivity contribution in [3.63, 3.8) is 0 Å². The van der Waals surface area contributed by atoms with Crippen LogP contribution in [0, 0.1) is 0 Å². The molecule has 152 valence electrons. The molecule has 0 aliphatic carbocycles. The van der Waals surface area contributed by atoms with Gasteiger partial charge in [0, 0.05) is 22.8 Å². The number of hydrogen-bond acceptors (Lipinski definition) is 4. The fourth-order valence-electron chi connectivity index (χ4n) is 3.59. The van der Waals surface area contributed by atoms with Crippen molar-refractivity contribution < 1.29 is 14.2 Å². The zero-order chi connectivity index (χ0) is 20.3. The third kappa shape index (κ3) is 4.80. The van der Waals surface area contributed by atoms with Crippen molar-refractivity contribution in [3.8, 4) is 5.75 Å². The highest BCUT2D eigenvalue weighted by Gasteiger charge is 2.46. The molecule has 1 aliphatic rings. The van der Waals surface area contributed by atoms with Gasteiger partial charge in [0.25, 0.3) is 0 Å². The van der Waals surface area contributed by atoms with Gasteiger partial charge >= 0.3 is 0 Å². The second kappa shape index (κ2) is 8.73. The number of ether oxygens (including phenoxy) is 3. The Morgan fingerprint density at radius 3 is 2.64 bits per heavy atom. The van der Waals surface area contributed by atoms with Crippen molar-refractivity contribution in [2.75, 3.05) is 11.9 Å². The molecule has 4 nitrogen and oxygen atoms in total. The number of rotatable bonds is 7. The molecule has 0 radical (unpaired) electrons. The van der Waals surface area contributed by atoms with Crippen molar-refractivity contribution in [1.29, 1.82) is 0 Å². The number of anilines is 1. The van der Waals surface area contributed by atoms with Gasteiger partial charge in [-0.3, -0.25) is 0 Å². The first kappa shape index (κ1) is 21.0. The molecule has 0 spiro atoms. The SMILES string of the molecule is CCNc1ccc2c(c1)C(OC(C)C)C(OCc1cccc(Cl)c1)C(C)(C)O2. The van der Waals surface area contributed by atoms with E-state index in [1.54, 1.807) is 0 Å². The van der Waals surface area contributed by atoms with E-state index in [9.17, 15) is 0 Å². The largest absolute Gasteiger partial charge is 0.485 e. The minimum atomic E-state index is -0.537. The molecule has 0 aromatic heterocycles. The highest BCUT2D eigenvalue weighted by atomic mass is 35.5. The van der Waals surface area contributed by atoms with E-state index in [0.29, 0.717) is 11.6 Å². The maximum atomic E-state index is 6.38. The molecule has 0 amide bonds. The minimum absolute atomic E-state index is 0.0619. The highest BCUT2D eigenvalue weighted by molar-refractivity contribution is 6.30. The van der Waals surface area contributed by atoms with Gasteiger partial charge in [-0.15, -0.1) is 0 Å². The molecule has 3 rings (SSSR count). The van der Waals surface area contributed by atoms with Gasteiger partial charge in [0.15, 0.2) is 0 Å². The molecule has 0 saturated heterocycles. The summed E-state index contributed by atoms with van der Waals surface area (Å²) in [7, 11) is 0. The molecule has 1 aliphatic heterocycles. The predicted molar refractivity (Wildman–Crippen MR) is 114 cm³/mol. The first-order valence-corrected chi connectivity index (χ1v) is 10.3. The van der Waals surface area contributed by atoms with Crippen molar-refractivity contribution in [1.82, 2.24) is 0 Å². The molecule has 0 fully saturated rings. The van der Waals surface area contributed by atoms with Crippen LogP contribution in [0.15, 0.2) is 42.5 Å². The van der Waals surface area contributed by atoms with Crippen LogP contribution in [0.1, 0.15) is 51.8 Å². The Kier molecular flexibility index (Phi) is 6.54. The summed E-state index contributed by atoms with van der Waals surface area (Å²) in [5, 5.41) is 4.07. The summed E-state index contributed by atoms with van der Waals surface area (Å²) in [4.78, 5) is 0. The lowest BCUT2D eigenvalue weighted by molar-refractivity contribution is -0.177. The molecule has 2 atom stereocenters. The summed E-state index contributed by atoms with van der Waals surface area (Å²) in [6.07, 6.45) is -0.429. The van der Waals surface area contributed by atoms with Crippen LogP contribution in [-0.4, -0.2) is 24.4 Å². The van der Waals surface area contributed by atoms with Gasteiger partial charge in [0.1, 0.15) is 23.6 Å². The van der Waals surface area contributed by atoms with E-state index in [0.717, 1.165) is 29.1 Å². The second-order valence-electron chi connectivity index (χ2n) is 7.96. The lowest BCUT2D eigenvalue weighted by Gasteiger charge is -2.45. The van der Waals surface area contributed by atoms with Crippen LogP contribution in [0.5, 0.6) is 5.75 Å². The first-order valence-electron chi connectivity index (χ1n) is 9.88. The monoisotopic (exact) mass is 403 g/mol. The van der Waals surface area contributed by atoms with E-state index >= 15 is 0 Å². The molecule has 2 aromatic rings. The van der Waals surface area contributed by atoms with E-state index in [1.807, 2.05) is 64.1 Å². The molecule has 5 heteroatoms. The van der Waals surface area contributed by atoms with Crippen molar-refractivity contribution in [2.45, 2.75) is 65.1 Å². The molecule has 2 unspecified atom stereocenters. The van der Waals surface area contributed by atoms with Crippen LogP contribution in [-0.2, 0) is 16.1 Å². The van der Waals surface area contributed by atoms with E-state index in [4.69, 9.17) is 25.8 Å². The Balaban J connectivity index is 1.92. The van der Waals surface area contributed by atoms with E-state index < -0.39 is 5.60 Å². The van der Waals surface area contributed by atoms with Crippen LogP contribution in [0.2, 0.25) is 5.02 Å². The number of nitrogens with one attached hydrogen (secondary N) is 1. The van der Waals surface area contributed by atoms with Crippen LogP contribution < -0.4 is 10.1 Å². The van der Waals surface area contributed by atoms with Gasteiger partial charge < -0.3 is 19.5 Å². The van der Waals surface area contributed by atoms with Crippen molar-refractivity contribution in [3.05, 3.63) is 58.6 Å². The lowest BCUT2D eigenvalue weighted by atomic mass is 9.87. The van der Waals surface area contributed by atoms with Gasteiger partial charge in [-0.05, 0) is 70.5 Å². The summed E-state index contributed by atoms with van der Waals surface area (Å²) in [5.41, 5.74) is 2.56. The summed E-state index contributed by atoms with van der Waals surface area (Å²) in [6.45, 7) is 11.6. The zero-order valence-electron chi connectivity index (χ0n) is 17.3. The maximum Gasteiger partial charge on any atom is 0.132 e. The molecular formula is C23H30ClNO3. The second-order valence-corrected chi connectivity index (χ2v) is 8.39. The van der Waals surface area contributed by atoms with Gasteiger partial charge in [-0.25, -0.2) is 0 Å². The van der Waals surface area contributed by atoms with Crippen LogP contribution in [0.4, 0.5) is 5.69 Å². The highest BCUT2D eigenvalue weighted by Crippen LogP contribution is 2.45. The van der Waals surface area contributed by atoms with Crippen LogP contribution in [0.3, 0.4) is 0 Å². The zero-order valence-corrected chi connectivity index (χ0v) is 18.0. The lowest BCUT2D eigenvalue weighted by Crippen LogP contribution is -2.51. The van der Waals surface area contributed by atoms with Crippen molar-refractivity contribution >= 4 is 17.3 Å². The Labute approximate surface area is 173 Å². The molecule has 1 N–H and O–H groups in total. The summed E-state index contributed by atoms with van der Waals surface area (Å²) in [5.74, 6) is 0.847. The fourth-order valence-corrected chi connectivity index (χ4v) is 3.80. The molecule has 1 heterocycles. The number of hydrogen-bond donors (Lipinski definition) is 1. The summed E-state index contributed by atoms with van der Waals surface area (Å²) in [6, 6.07) is 13.9. The Morgan fingerprint density at radius 2 is 1.96 bits per heavy atom. The van der Waals surface area contributed by atoms with Crippen LogP contribution in [0.25, 0.3) is 0 Å². The Hall–Kier alpha value is -1.75.